The van der Waals surface area contributed by atoms with E-state index in [4.69, 9.17) is 21.1 Å². The Morgan fingerprint density at radius 2 is 1.62 bits per heavy atom. The monoisotopic (exact) mass is 655 g/mol. The Kier molecular flexibility index (Phi) is 9.75. The van der Waals surface area contributed by atoms with Gasteiger partial charge in [-0.2, -0.15) is 0 Å². The van der Waals surface area contributed by atoms with E-state index in [-0.39, 0.29) is 17.9 Å². The summed E-state index contributed by atoms with van der Waals surface area (Å²) in [7, 11) is 3.20. The fourth-order valence-corrected chi connectivity index (χ4v) is 7.24. The highest BCUT2D eigenvalue weighted by atomic mass is 35.5. The molecule has 0 unspecified atom stereocenters. The van der Waals surface area contributed by atoms with E-state index in [2.05, 4.69) is 33.3 Å². The second-order valence-corrected chi connectivity index (χ2v) is 12.8. The molecule has 1 aliphatic heterocycles. The van der Waals surface area contributed by atoms with E-state index in [1.165, 1.54) is 5.56 Å². The third kappa shape index (κ3) is 6.96. The van der Waals surface area contributed by atoms with Crippen LogP contribution in [0.25, 0.3) is 21.8 Å². The van der Waals surface area contributed by atoms with E-state index >= 15 is 0 Å². The molecule has 0 spiro atoms. The number of carbonyl (C=O) groups excluding carboxylic acids is 2. The summed E-state index contributed by atoms with van der Waals surface area (Å²) in [5.41, 5.74) is 5.41. The van der Waals surface area contributed by atoms with Crippen LogP contribution in [0.2, 0.25) is 5.02 Å². The van der Waals surface area contributed by atoms with Gasteiger partial charge in [-0.1, -0.05) is 35.9 Å². The molecule has 1 fully saturated rings. The Hall–Kier alpha value is -4.47. The number of para-hydroxylation sites is 1. The molecule has 246 valence electrons. The number of amides is 2. The summed E-state index contributed by atoms with van der Waals surface area (Å²) >= 11 is 6.35. The van der Waals surface area contributed by atoms with Gasteiger partial charge in [-0.3, -0.25) is 14.6 Å². The van der Waals surface area contributed by atoms with E-state index in [1.807, 2.05) is 64.6 Å². The third-order valence-corrected chi connectivity index (χ3v) is 9.62. The van der Waals surface area contributed by atoms with Gasteiger partial charge in [0, 0.05) is 79.2 Å². The number of ether oxygens (including phenoxy) is 2. The quantitative estimate of drug-likeness (QED) is 0.161. The lowest BCUT2D eigenvalue weighted by atomic mass is 9.89. The van der Waals surface area contributed by atoms with Crippen molar-refractivity contribution in [2.24, 2.45) is 0 Å². The van der Waals surface area contributed by atoms with Crippen molar-refractivity contribution < 1.29 is 19.1 Å². The molecule has 3 heterocycles. The Balaban J connectivity index is 1.28. The number of nitrogens with one attached hydrogen (secondary N) is 2. The molecule has 10 heteroatoms. The fourth-order valence-electron chi connectivity index (χ4n) is 7.07. The number of benzene rings is 3. The van der Waals surface area contributed by atoms with Gasteiger partial charge in [-0.05, 0) is 78.3 Å². The number of carbonyl (C=O) groups is 2. The SMILES string of the molecule is COc1ccc(CN(C[C@@H](Cc2c[nH]c3ccccc23)N(C(C)=O)N2CCC(c3c[nH]c4ccc(Cl)cc34)CC2)C(C)=O)cc1OC. The van der Waals surface area contributed by atoms with Crippen molar-refractivity contribution >= 4 is 45.2 Å². The van der Waals surface area contributed by atoms with Gasteiger partial charge in [0.05, 0.1) is 20.3 Å². The number of hydrogen-bond donors (Lipinski definition) is 2. The van der Waals surface area contributed by atoms with E-state index in [9.17, 15) is 9.59 Å². The minimum absolute atomic E-state index is 0.0400. The molecule has 2 amide bonds. The molecule has 2 N–H and O–H groups in total. The molecular weight excluding hydrogens is 614 g/mol. The van der Waals surface area contributed by atoms with E-state index in [0.29, 0.717) is 36.9 Å². The zero-order valence-corrected chi connectivity index (χ0v) is 28.1. The van der Waals surface area contributed by atoms with Crippen molar-refractivity contribution in [2.75, 3.05) is 33.9 Å². The molecule has 1 aliphatic rings. The molecule has 0 radical (unpaired) electrons. The number of H-pyrrole nitrogens is 2. The number of rotatable bonds is 11. The molecule has 5 aromatic rings. The van der Waals surface area contributed by atoms with Gasteiger partial charge in [0.15, 0.2) is 11.5 Å². The summed E-state index contributed by atoms with van der Waals surface area (Å²) in [6.07, 6.45) is 6.50. The second kappa shape index (κ2) is 14.1. The predicted molar refractivity (Wildman–Crippen MR) is 186 cm³/mol. The average molecular weight is 656 g/mol. The fraction of sp³-hybridized carbons (Fsp3) is 0.351. The van der Waals surface area contributed by atoms with E-state index in [0.717, 1.165) is 63.9 Å². The Morgan fingerprint density at radius 3 is 2.34 bits per heavy atom. The molecule has 9 nitrogen and oxygen atoms in total. The van der Waals surface area contributed by atoms with Gasteiger partial charge in [0.1, 0.15) is 0 Å². The lowest BCUT2D eigenvalue weighted by molar-refractivity contribution is -0.158. The predicted octanol–water partition coefficient (Wildman–Crippen LogP) is 6.92. The summed E-state index contributed by atoms with van der Waals surface area (Å²) in [4.78, 5) is 35.4. The Morgan fingerprint density at radius 1 is 0.894 bits per heavy atom. The molecule has 1 saturated heterocycles. The number of aromatic amines is 2. The maximum atomic E-state index is 13.6. The average Bonchev–Trinajstić information content (AvgIpc) is 3.68. The number of nitrogens with zero attached hydrogens (tertiary/aromatic N) is 3. The van der Waals surface area contributed by atoms with Crippen LogP contribution in [0.1, 0.15) is 49.3 Å². The van der Waals surface area contributed by atoms with Gasteiger partial charge in [0.25, 0.3) is 0 Å². The zero-order chi connectivity index (χ0) is 33.1. The number of aromatic nitrogens is 2. The molecular formula is C37H42ClN5O4. The van der Waals surface area contributed by atoms with Gasteiger partial charge in [-0.25, -0.2) is 5.01 Å². The molecule has 0 saturated carbocycles. The number of hydrogen-bond acceptors (Lipinski definition) is 5. The van der Waals surface area contributed by atoms with E-state index in [1.54, 1.807) is 28.1 Å². The largest absolute Gasteiger partial charge is 0.493 e. The number of piperidine rings is 1. The topological polar surface area (TPSA) is 93.9 Å². The molecule has 0 aliphatic carbocycles. The van der Waals surface area contributed by atoms with Crippen LogP contribution in [0.4, 0.5) is 0 Å². The number of halogens is 1. The standard InChI is InChI=1S/C37H42ClN5O4/c1-24(44)41(22-26-9-12-36(46-3)37(17-26)47-4)23-30(18-28-20-39-34-8-6-5-7-31(28)34)43(25(2)45)42-15-13-27(14-16-42)33-21-40-35-11-10-29(38)19-32(33)35/h5-12,17,19-21,27,30,39-40H,13-16,18,22-23H2,1-4H3/t30-/m1/s1. The maximum absolute atomic E-state index is 13.6. The highest BCUT2D eigenvalue weighted by Gasteiger charge is 2.34. The lowest BCUT2D eigenvalue weighted by Gasteiger charge is -2.44. The molecule has 2 aromatic heterocycles. The minimum Gasteiger partial charge on any atom is -0.493 e. The number of fused-ring (bicyclic) bond motifs is 2. The van der Waals surface area contributed by atoms with Crippen LogP contribution in [-0.2, 0) is 22.6 Å². The van der Waals surface area contributed by atoms with Crippen LogP contribution in [0.15, 0.2) is 73.1 Å². The summed E-state index contributed by atoms with van der Waals surface area (Å²) in [5, 5.41) is 7.10. The molecule has 1 atom stereocenters. The van der Waals surface area contributed by atoms with Crippen LogP contribution in [0.3, 0.4) is 0 Å². The van der Waals surface area contributed by atoms with Crippen LogP contribution in [0, 0.1) is 0 Å². The third-order valence-electron chi connectivity index (χ3n) is 9.39. The van der Waals surface area contributed by atoms with Gasteiger partial charge in [0.2, 0.25) is 11.8 Å². The van der Waals surface area contributed by atoms with Gasteiger partial charge in [-0.15, -0.1) is 0 Å². The first kappa shape index (κ1) is 32.5. The van der Waals surface area contributed by atoms with E-state index < -0.39 is 0 Å². The molecule has 6 rings (SSSR count). The van der Waals surface area contributed by atoms with Crippen molar-refractivity contribution in [1.29, 1.82) is 0 Å². The zero-order valence-electron chi connectivity index (χ0n) is 27.4. The Labute approximate surface area is 280 Å². The first-order chi connectivity index (χ1) is 22.7. The van der Waals surface area contributed by atoms with Crippen LogP contribution >= 0.6 is 11.6 Å². The smallest absolute Gasteiger partial charge is 0.234 e. The number of hydrazine groups is 1. The van der Waals surface area contributed by atoms with Crippen molar-refractivity contribution in [3.05, 3.63) is 94.8 Å². The van der Waals surface area contributed by atoms with Crippen LogP contribution < -0.4 is 9.47 Å². The Bertz CT molecular complexity index is 1880. The van der Waals surface area contributed by atoms with Crippen molar-refractivity contribution in [1.82, 2.24) is 24.9 Å². The molecule has 0 bridgehead atoms. The van der Waals surface area contributed by atoms with Crippen molar-refractivity contribution in [3.8, 4) is 11.5 Å². The highest BCUT2D eigenvalue weighted by molar-refractivity contribution is 6.31. The maximum Gasteiger partial charge on any atom is 0.234 e. The van der Waals surface area contributed by atoms with Crippen molar-refractivity contribution in [2.45, 2.75) is 51.6 Å². The van der Waals surface area contributed by atoms with Crippen molar-refractivity contribution in [3.63, 3.8) is 0 Å². The van der Waals surface area contributed by atoms with Crippen LogP contribution in [-0.4, -0.2) is 76.6 Å². The number of methoxy groups -OCH3 is 2. The first-order valence-corrected chi connectivity index (χ1v) is 16.5. The first-order valence-electron chi connectivity index (χ1n) is 16.1. The summed E-state index contributed by atoms with van der Waals surface area (Å²) < 4.78 is 10.9. The second-order valence-electron chi connectivity index (χ2n) is 12.3. The normalized spacial score (nSPS) is 14.7. The van der Waals surface area contributed by atoms with Gasteiger partial charge < -0.3 is 24.3 Å². The molecule has 3 aromatic carbocycles. The summed E-state index contributed by atoms with van der Waals surface area (Å²) in [6, 6.07) is 19.5. The van der Waals surface area contributed by atoms with Crippen LogP contribution in [0.5, 0.6) is 11.5 Å². The van der Waals surface area contributed by atoms with Gasteiger partial charge >= 0.3 is 0 Å². The summed E-state index contributed by atoms with van der Waals surface area (Å²) in [6.45, 7) is 5.39. The summed E-state index contributed by atoms with van der Waals surface area (Å²) in [5.74, 6) is 1.48. The molecule has 47 heavy (non-hydrogen) atoms. The lowest BCUT2D eigenvalue weighted by Crippen LogP contribution is -2.57. The highest BCUT2D eigenvalue weighted by Crippen LogP contribution is 2.35. The minimum atomic E-state index is -0.292.